The maximum Gasteiger partial charge on any atom is 0.317 e. The molecule has 3 saturated heterocycles. The summed E-state index contributed by atoms with van der Waals surface area (Å²) in [4.78, 5) is 35.2. The minimum atomic E-state index is -0.546. The number of esters is 1. The van der Waals surface area contributed by atoms with E-state index in [-0.39, 0.29) is 18.0 Å². The van der Waals surface area contributed by atoms with Crippen molar-refractivity contribution >= 4 is 17.7 Å². The molecule has 0 spiro atoms. The van der Waals surface area contributed by atoms with Gasteiger partial charge < -0.3 is 14.5 Å². The van der Waals surface area contributed by atoms with Crippen molar-refractivity contribution in [3.8, 4) is 0 Å². The predicted molar refractivity (Wildman–Crippen MR) is 134 cm³/mol. The Hall–Kier alpha value is -2.80. The average Bonchev–Trinajstić information content (AvgIpc) is 3.14. The van der Waals surface area contributed by atoms with Gasteiger partial charge in [-0.2, -0.15) is 0 Å². The lowest BCUT2D eigenvalue weighted by atomic mass is 9.74. The number of benzene rings is 1. The number of carbonyl (C=O) groups excluding carboxylic acids is 2. The zero-order valence-corrected chi connectivity index (χ0v) is 20.7. The molecular formula is C28H37N4O3+. The van der Waals surface area contributed by atoms with Gasteiger partial charge in [-0.1, -0.05) is 56.0 Å². The first-order valence-electron chi connectivity index (χ1n) is 13.2. The number of amides is 1. The molecule has 1 aromatic heterocycles. The van der Waals surface area contributed by atoms with Gasteiger partial charge in [0.05, 0.1) is 36.6 Å². The Balaban J connectivity index is 1.29. The van der Waals surface area contributed by atoms with E-state index in [0.29, 0.717) is 29.3 Å². The second kappa shape index (κ2) is 10.1. The number of rotatable bonds is 6. The van der Waals surface area contributed by atoms with Crippen LogP contribution in [0.3, 0.4) is 0 Å². The highest BCUT2D eigenvalue weighted by atomic mass is 16.5. The number of anilines is 1. The first kappa shape index (κ1) is 23.9. The zero-order valence-electron chi connectivity index (χ0n) is 20.7. The molecule has 7 heteroatoms. The number of aromatic nitrogens is 2. The van der Waals surface area contributed by atoms with Gasteiger partial charge in [0.1, 0.15) is 6.54 Å². The number of aryl methyl sites for hydroxylation is 1. The van der Waals surface area contributed by atoms with Gasteiger partial charge in [-0.15, -0.1) is 0 Å². The lowest BCUT2D eigenvalue weighted by Gasteiger charge is -2.52. The molecule has 1 aliphatic carbocycles. The number of nitrogens with zero attached hydrogens (tertiary/aromatic N) is 3. The Labute approximate surface area is 207 Å². The molecule has 4 aliphatic rings. The molecule has 4 fully saturated rings. The molecule has 1 aromatic carbocycles. The summed E-state index contributed by atoms with van der Waals surface area (Å²) in [7, 11) is 0. The monoisotopic (exact) mass is 477 g/mol. The van der Waals surface area contributed by atoms with Gasteiger partial charge >= 0.3 is 5.97 Å². The zero-order chi connectivity index (χ0) is 24.3. The summed E-state index contributed by atoms with van der Waals surface area (Å²) in [5.74, 6) is 0.760. The van der Waals surface area contributed by atoms with Crippen molar-refractivity contribution in [3.63, 3.8) is 0 Å². The predicted octanol–water partition coefficient (Wildman–Crippen LogP) is 4.17. The third-order valence-electron chi connectivity index (χ3n) is 8.50. The second-order valence-corrected chi connectivity index (χ2v) is 10.9. The van der Waals surface area contributed by atoms with E-state index < -0.39 is 5.41 Å². The molecule has 1 atom stereocenters. The van der Waals surface area contributed by atoms with Crippen LogP contribution < -0.4 is 5.32 Å². The molecule has 2 bridgehead atoms. The van der Waals surface area contributed by atoms with Crippen molar-refractivity contribution in [2.24, 2.45) is 5.92 Å². The molecule has 4 heterocycles. The topological polar surface area (TPSA) is 81.2 Å². The maximum atomic E-state index is 13.9. The van der Waals surface area contributed by atoms with Crippen LogP contribution in [0.25, 0.3) is 0 Å². The van der Waals surface area contributed by atoms with Gasteiger partial charge in [-0.05, 0) is 25.3 Å². The summed E-state index contributed by atoms with van der Waals surface area (Å²) in [6.07, 6.45) is 11.3. The van der Waals surface area contributed by atoms with Crippen LogP contribution in [0.2, 0.25) is 0 Å². The number of nitrogens with one attached hydrogen (secondary N) is 1. The van der Waals surface area contributed by atoms with Crippen LogP contribution >= 0.6 is 0 Å². The van der Waals surface area contributed by atoms with Gasteiger partial charge in [0.25, 0.3) is 5.91 Å². The number of hydrogen-bond donors (Lipinski definition) is 1. The van der Waals surface area contributed by atoms with Gasteiger partial charge in [0.15, 0.2) is 18.5 Å². The van der Waals surface area contributed by atoms with E-state index >= 15 is 0 Å². The van der Waals surface area contributed by atoms with Crippen molar-refractivity contribution in [2.75, 3.05) is 31.5 Å². The van der Waals surface area contributed by atoms with Crippen molar-refractivity contribution < 1.29 is 18.8 Å². The van der Waals surface area contributed by atoms with Crippen LogP contribution in [0.5, 0.6) is 0 Å². The van der Waals surface area contributed by atoms with Crippen molar-refractivity contribution in [1.82, 2.24) is 9.97 Å². The van der Waals surface area contributed by atoms with Gasteiger partial charge in [-0.3, -0.25) is 14.6 Å². The molecule has 0 radical (unpaired) electrons. The van der Waals surface area contributed by atoms with Crippen LogP contribution in [0.1, 0.15) is 62.6 Å². The van der Waals surface area contributed by atoms with E-state index in [1.54, 1.807) is 12.4 Å². The fourth-order valence-corrected chi connectivity index (χ4v) is 6.47. The van der Waals surface area contributed by atoms with E-state index in [2.05, 4.69) is 27.4 Å². The largest absolute Gasteiger partial charge is 0.455 e. The lowest BCUT2D eigenvalue weighted by molar-refractivity contribution is -0.939. The van der Waals surface area contributed by atoms with Crippen molar-refractivity contribution in [3.05, 3.63) is 54.0 Å². The van der Waals surface area contributed by atoms with Crippen LogP contribution in [-0.2, 0) is 19.7 Å². The van der Waals surface area contributed by atoms with Crippen LogP contribution in [0, 0.1) is 12.8 Å². The molecule has 7 nitrogen and oxygen atoms in total. The molecule has 1 amide bonds. The second-order valence-electron chi connectivity index (χ2n) is 10.9. The molecule has 35 heavy (non-hydrogen) atoms. The lowest BCUT2D eigenvalue weighted by Crippen LogP contribution is -2.66. The Bertz CT molecular complexity index is 1020. The highest BCUT2D eigenvalue weighted by molar-refractivity contribution is 5.90. The SMILES string of the molecule is Cc1cnc(NC(=O)C[N+]23CCC(CC2)[C@@H](OC(=O)C2(c4ccccc4)CCCCCC2)C3)cn1. The summed E-state index contributed by atoms with van der Waals surface area (Å²) in [6, 6.07) is 10.3. The maximum absolute atomic E-state index is 13.9. The highest BCUT2D eigenvalue weighted by Gasteiger charge is 2.51. The molecular weight excluding hydrogens is 440 g/mol. The average molecular weight is 478 g/mol. The van der Waals surface area contributed by atoms with Gasteiger partial charge in [0.2, 0.25) is 0 Å². The smallest absolute Gasteiger partial charge is 0.317 e. The molecule has 186 valence electrons. The number of piperidine rings is 3. The first-order chi connectivity index (χ1) is 17.0. The third-order valence-corrected chi connectivity index (χ3v) is 8.50. The van der Waals surface area contributed by atoms with E-state index in [4.69, 9.17) is 4.74 Å². The number of hydrogen-bond acceptors (Lipinski definition) is 5. The van der Waals surface area contributed by atoms with E-state index in [1.165, 1.54) is 12.8 Å². The Morgan fingerprint density at radius 3 is 2.40 bits per heavy atom. The molecule has 1 N–H and O–H groups in total. The fourth-order valence-electron chi connectivity index (χ4n) is 6.47. The van der Waals surface area contributed by atoms with Crippen molar-refractivity contribution in [2.45, 2.75) is 69.8 Å². The molecule has 1 saturated carbocycles. The summed E-state index contributed by atoms with van der Waals surface area (Å²) < 4.78 is 7.09. The van der Waals surface area contributed by atoms with E-state index in [9.17, 15) is 9.59 Å². The summed E-state index contributed by atoms with van der Waals surface area (Å²) in [5.41, 5.74) is 1.36. The Morgan fingerprint density at radius 1 is 1.03 bits per heavy atom. The first-order valence-corrected chi connectivity index (χ1v) is 13.2. The number of quaternary nitrogens is 1. The number of carbonyl (C=O) groups is 2. The van der Waals surface area contributed by atoms with Gasteiger partial charge in [0, 0.05) is 18.8 Å². The Kier molecular flexibility index (Phi) is 6.87. The van der Waals surface area contributed by atoms with Crippen LogP contribution in [-0.4, -0.2) is 58.6 Å². The molecule has 2 aromatic rings. The minimum Gasteiger partial charge on any atom is -0.455 e. The summed E-state index contributed by atoms with van der Waals surface area (Å²) >= 11 is 0. The highest BCUT2D eigenvalue weighted by Crippen LogP contribution is 2.42. The van der Waals surface area contributed by atoms with Crippen molar-refractivity contribution in [1.29, 1.82) is 0 Å². The van der Waals surface area contributed by atoms with Gasteiger partial charge in [-0.25, -0.2) is 4.98 Å². The van der Waals surface area contributed by atoms with E-state index in [0.717, 1.165) is 62.9 Å². The number of ether oxygens (including phenoxy) is 1. The van der Waals surface area contributed by atoms with Crippen LogP contribution in [0.4, 0.5) is 5.82 Å². The quantitative estimate of drug-likeness (QED) is 0.384. The summed E-state index contributed by atoms with van der Waals surface area (Å²) in [6.45, 7) is 4.87. The van der Waals surface area contributed by atoms with E-state index in [1.807, 2.05) is 25.1 Å². The third kappa shape index (κ3) is 5.10. The Morgan fingerprint density at radius 2 is 1.74 bits per heavy atom. The standard InChI is InChI=1S/C28H36N4O3/c1-21-17-30-25(18-29-21)31-26(33)20-32-15-11-22(12-16-32)24(19-32)35-27(34)28(13-7-2-3-8-14-28)23-9-5-4-6-10-23/h4-6,9-10,17-18,22,24H,2-3,7-8,11-16,19-20H2,1H3/p+1/t22?,24-,32?/m0/s1. The molecule has 0 unspecified atom stereocenters. The summed E-state index contributed by atoms with van der Waals surface area (Å²) in [5, 5.41) is 2.90. The minimum absolute atomic E-state index is 0.0538. The normalized spacial score (nSPS) is 27.6. The molecule has 6 rings (SSSR count). The van der Waals surface area contributed by atoms with Crippen LogP contribution in [0.15, 0.2) is 42.7 Å². The fraction of sp³-hybridized carbons (Fsp3) is 0.571. The molecule has 3 aliphatic heterocycles. The number of fused-ring (bicyclic) bond motifs is 3.